The van der Waals surface area contributed by atoms with Crippen LogP contribution in [0.3, 0.4) is 0 Å². The van der Waals surface area contributed by atoms with E-state index in [-0.39, 0.29) is 23.8 Å². The summed E-state index contributed by atoms with van der Waals surface area (Å²) in [4.78, 5) is 21.3. The Balaban J connectivity index is -0.00000112. The van der Waals surface area contributed by atoms with Crippen LogP contribution < -0.4 is 12.3 Å². The zero-order valence-corrected chi connectivity index (χ0v) is 11.3. The molecular weight excluding hydrogens is 236 g/mol. The molecule has 0 saturated heterocycles. The van der Waals surface area contributed by atoms with E-state index in [0.717, 1.165) is 31.8 Å². The Bertz CT molecular complexity index is 277. The second-order valence-electron chi connectivity index (χ2n) is 3.93. The Hall–Kier alpha value is -1.40. The third-order valence-electron chi connectivity index (χ3n) is 2.62. The maximum atomic E-state index is 10.8. The SMILES string of the molecule is CCCCC(CC)CC(=CC(=O)O)C(=O)O.N.N. The molecule has 0 spiro atoms. The van der Waals surface area contributed by atoms with Crippen LogP contribution in [-0.2, 0) is 9.59 Å². The van der Waals surface area contributed by atoms with Gasteiger partial charge in [-0.3, -0.25) is 0 Å². The molecule has 0 saturated carbocycles. The molecule has 0 aliphatic heterocycles. The molecule has 0 rings (SSSR count). The van der Waals surface area contributed by atoms with Crippen molar-refractivity contribution in [3.63, 3.8) is 0 Å². The zero-order chi connectivity index (χ0) is 12.6. The number of hydrogen-bond donors (Lipinski definition) is 4. The molecule has 0 aliphatic carbocycles. The first-order chi connectivity index (χ1) is 7.51. The van der Waals surface area contributed by atoms with Crippen LogP contribution in [0.25, 0.3) is 0 Å². The first-order valence-electron chi connectivity index (χ1n) is 5.68. The molecular formula is C12H26N2O4. The van der Waals surface area contributed by atoms with Crippen molar-refractivity contribution in [2.45, 2.75) is 46.0 Å². The van der Waals surface area contributed by atoms with Crippen molar-refractivity contribution in [2.75, 3.05) is 0 Å². The molecule has 0 aliphatic rings. The summed E-state index contributed by atoms with van der Waals surface area (Å²) in [5, 5.41) is 17.4. The maximum Gasteiger partial charge on any atom is 0.331 e. The summed E-state index contributed by atoms with van der Waals surface area (Å²) < 4.78 is 0. The van der Waals surface area contributed by atoms with Gasteiger partial charge in [0.1, 0.15) is 0 Å². The maximum absolute atomic E-state index is 10.8. The number of carboxylic acid groups (broad SMARTS) is 2. The van der Waals surface area contributed by atoms with E-state index in [1.165, 1.54) is 0 Å². The number of aliphatic carboxylic acids is 2. The van der Waals surface area contributed by atoms with E-state index >= 15 is 0 Å². The molecule has 0 amide bonds. The highest BCUT2D eigenvalue weighted by molar-refractivity contribution is 5.94. The lowest BCUT2D eigenvalue weighted by molar-refractivity contribution is -0.135. The first kappa shape index (κ1) is 21.8. The number of carboxylic acids is 2. The molecule has 0 heterocycles. The van der Waals surface area contributed by atoms with Gasteiger partial charge in [-0.1, -0.05) is 39.5 Å². The molecule has 0 bridgehead atoms. The van der Waals surface area contributed by atoms with Crippen LogP contribution in [0.4, 0.5) is 0 Å². The van der Waals surface area contributed by atoms with Crippen molar-refractivity contribution < 1.29 is 19.8 Å². The van der Waals surface area contributed by atoms with E-state index in [1.54, 1.807) is 0 Å². The van der Waals surface area contributed by atoms with E-state index in [4.69, 9.17) is 10.2 Å². The minimum Gasteiger partial charge on any atom is -0.478 e. The van der Waals surface area contributed by atoms with E-state index in [1.807, 2.05) is 6.92 Å². The highest BCUT2D eigenvalue weighted by Crippen LogP contribution is 2.21. The van der Waals surface area contributed by atoms with E-state index in [2.05, 4.69) is 6.92 Å². The fourth-order valence-electron chi connectivity index (χ4n) is 1.61. The van der Waals surface area contributed by atoms with Crippen LogP contribution in [-0.4, -0.2) is 22.2 Å². The zero-order valence-electron chi connectivity index (χ0n) is 11.3. The van der Waals surface area contributed by atoms with Gasteiger partial charge >= 0.3 is 11.9 Å². The summed E-state index contributed by atoms with van der Waals surface area (Å²) in [5.41, 5.74) is -0.00421. The van der Waals surface area contributed by atoms with Gasteiger partial charge in [0.25, 0.3) is 0 Å². The first-order valence-corrected chi connectivity index (χ1v) is 5.68. The van der Waals surface area contributed by atoms with Crippen LogP contribution in [0.15, 0.2) is 11.6 Å². The standard InChI is InChI=1S/C12H20O4.2H3N/c1-3-5-6-9(4-2)7-10(12(15)16)8-11(13)14;;/h8-9H,3-7H2,1-2H3,(H,13,14)(H,15,16);2*1H3. The Morgan fingerprint density at radius 3 is 2.06 bits per heavy atom. The normalized spacial score (nSPS) is 12.0. The summed E-state index contributed by atoms with van der Waals surface area (Å²) in [6.45, 7) is 4.08. The van der Waals surface area contributed by atoms with Gasteiger partial charge in [-0.15, -0.1) is 0 Å². The average Bonchev–Trinajstić information content (AvgIpc) is 2.21. The fraction of sp³-hybridized carbons (Fsp3) is 0.667. The summed E-state index contributed by atoms with van der Waals surface area (Å²) in [6.07, 6.45) is 5.11. The summed E-state index contributed by atoms with van der Waals surface area (Å²) >= 11 is 0. The van der Waals surface area contributed by atoms with Gasteiger partial charge in [-0.25, -0.2) is 9.59 Å². The van der Waals surface area contributed by atoms with Crippen molar-refractivity contribution in [3.8, 4) is 0 Å². The molecule has 0 radical (unpaired) electrons. The molecule has 1 atom stereocenters. The Labute approximate surface area is 108 Å². The van der Waals surface area contributed by atoms with E-state index in [0.29, 0.717) is 6.42 Å². The van der Waals surface area contributed by atoms with Crippen molar-refractivity contribution in [1.29, 1.82) is 0 Å². The lowest BCUT2D eigenvalue weighted by atomic mass is 9.92. The third kappa shape index (κ3) is 9.80. The monoisotopic (exact) mass is 262 g/mol. The summed E-state index contributed by atoms with van der Waals surface area (Å²) in [6, 6.07) is 0. The highest BCUT2D eigenvalue weighted by Gasteiger charge is 2.15. The summed E-state index contributed by atoms with van der Waals surface area (Å²) in [5.74, 6) is -2.05. The second-order valence-corrected chi connectivity index (χ2v) is 3.93. The van der Waals surface area contributed by atoms with Gasteiger partial charge in [-0.2, -0.15) is 0 Å². The molecule has 8 N–H and O–H groups in total. The van der Waals surface area contributed by atoms with Crippen LogP contribution in [0.2, 0.25) is 0 Å². The molecule has 108 valence electrons. The van der Waals surface area contributed by atoms with Gasteiger partial charge in [-0.05, 0) is 12.3 Å². The van der Waals surface area contributed by atoms with E-state index < -0.39 is 11.9 Å². The van der Waals surface area contributed by atoms with Crippen LogP contribution >= 0.6 is 0 Å². The molecule has 0 aromatic rings. The van der Waals surface area contributed by atoms with Crippen molar-refractivity contribution in [3.05, 3.63) is 11.6 Å². The third-order valence-corrected chi connectivity index (χ3v) is 2.62. The van der Waals surface area contributed by atoms with Crippen LogP contribution in [0, 0.1) is 5.92 Å². The van der Waals surface area contributed by atoms with Gasteiger partial charge in [0.15, 0.2) is 0 Å². The lowest BCUT2D eigenvalue weighted by Gasteiger charge is -2.14. The number of carbonyl (C=O) groups is 2. The highest BCUT2D eigenvalue weighted by atomic mass is 16.4. The van der Waals surface area contributed by atoms with Crippen molar-refractivity contribution >= 4 is 11.9 Å². The second kappa shape index (κ2) is 12.1. The Kier molecular flexibility index (Phi) is 14.6. The fourth-order valence-corrected chi connectivity index (χ4v) is 1.61. The molecule has 0 fully saturated rings. The predicted octanol–water partition coefficient (Wildman–Crippen LogP) is 3.01. The molecule has 0 aromatic carbocycles. The van der Waals surface area contributed by atoms with Gasteiger partial charge < -0.3 is 22.5 Å². The van der Waals surface area contributed by atoms with Crippen molar-refractivity contribution in [1.82, 2.24) is 12.3 Å². The Morgan fingerprint density at radius 1 is 1.17 bits per heavy atom. The largest absolute Gasteiger partial charge is 0.478 e. The molecule has 6 nitrogen and oxygen atoms in total. The molecule has 6 heteroatoms. The van der Waals surface area contributed by atoms with E-state index in [9.17, 15) is 9.59 Å². The lowest BCUT2D eigenvalue weighted by Crippen LogP contribution is -2.09. The number of unbranched alkanes of at least 4 members (excludes halogenated alkanes) is 1. The topological polar surface area (TPSA) is 145 Å². The van der Waals surface area contributed by atoms with Gasteiger partial charge in [0, 0.05) is 11.6 Å². The molecule has 0 aromatic heterocycles. The van der Waals surface area contributed by atoms with Gasteiger partial charge in [0.05, 0.1) is 0 Å². The number of rotatable bonds is 8. The average molecular weight is 262 g/mol. The smallest absolute Gasteiger partial charge is 0.331 e. The predicted molar refractivity (Wildman–Crippen MR) is 71.3 cm³/mol. The van der Waals surface area contributed by atoms with Crippen molar-refractivity contribution in [2.24, 2.45) is 5.92 Å². The molecule has 18 heavy (non-hydrogen) atoms. The van der Waals surface area contributed by atoms with Gasteiger partial charge in [0.2, 0.25) is 0 Å². The number of hydrogen-bond acceptors (Lipinski definition) is 4. The van der Waals surface area contributed by atoms with Crippen LogP contribution in [0.1, 0.15) is 46.0 Å². The van der Waals surface area contributed by atoms with Crippen LogP contribution in [0.5, 0.6) is 0 Å². The minimum atomic E-state index is -1.19. The molecule has 1 unspecified atom stereocenters. The Morgan fingerprint density at radius 2 is 1.72 bits per heavy atom. The summed E-state index contributed by atoms with van der Waals surface area (Å²) in [7, 11) is 0. The quantitative estimate of drug-likeness (QED) is 0.495. The minimum absolute atomic E-state index is 0.